The third kappa shape index (κ3) is 10.0. The first-order valence-corrected chi connectivity index (χ1v) is 17.8. The van der Waals surface area contributed by atoms with E-state index >= 15 is 0 Å². The Labute approximate surface area is 273 Å². The van der Waals surface area contributed by atoms with Gasteiger partial charge in [-0.2, -0.15) is 5.10 Å². The number of rotatable bonds is 10. The van der Waals surface area contributed by atoms with E-state index in [1.54, 1.807) is 75.4 Å². The van der Waals surface area contributed by atoms with Gasteiger partial charge in [0.1, 0.15) is 16.8 Å². The average molecular weight is 665 g/mol. The highest BCUT2D eigenvalue weighted by Gasteiger charge is 2.59. The number of benzene rings is 1. The van der Waals surface area contributed by atoms with Crippen molar-refractivity contribution in [3.8, 4) is 0 Å². The summed E-state index contributed by atoms with van der Waals surface area (Å²) < 4.78 is 37.6. The number of nitrogens with zero attached hydrogens (tertiary/aromatic N) is 3. The first-order valence-electron chi connectivity index (χ1n) is 16.0. The zero-order valence-corrected chi connectivity index (χ0v) is 30.1. The van der Waals surface area contributed by atoms with Crippen molar-refractivity contribution in [2.75, 3.05) is 32.4 Å². The summed E-state index contributed by atoms with van der Waals surface area (Å²) >= 11 is 0. The number of fused-ring (bicyclic) bond motifs is 1. The molecule has 258 valence electrons. The molecule has 1 fully saturated rings. The summed E-state index contributed by atoms with van der Waals surface area (Å²) in [5.41, 5.74) is -0.505. The van der Waals surface area contributed by atoms with Gasteiger partial charge in [0, 0.05) is 37.7 Å². The number of carbonyl (C=O) groups is 3. The molecule has 12 nitrogen and oxygen atoms in total. The molecule has 2 unspecified atom stereocenters. The van der Waals surface area contributed by atoms with E-state index in [9.17, 15) is 18.9 Å². The van der Waals surface area contributed by atoms with Crippen molar-refractivity contribution in [1.29, 1.82) is 0 Å². The lowest BCUT2D eigenvalue weighted by molar-refractivity contribution is -0.160. The summed E-state index contributed by atoms with van der Waals surface area (Å²) in [5.74, 6) is -0.567. The van der Waals surface area contributed by atoms with Crippen molar-refractivity contribution >= 4 is 36.4 Å². The molecule has 0 aliphatic carbocycles. The Morgan fingerprint density at radius 1 is 0.957 bits per heavy atom. The molecule has 1 saturated heterocycles. The number of esters is 1. The highest BCUT2D eigenvalue weighted by Crippen LogP contribution is 2.64. The topological polar surface area (TPSA) is 140 Å². The van der Waals surface area contributed by atoms with E-state index in [2.05, 4.69) is 15.1 Å². The molecule has 3 rings (SSSR count). The molecular weight excluding hydrogens is 611 g/mol. The van der Waals surface area contributed by atoms with Crippen molar-refractivity contribution in [2.24, 2.45) is 0 Å². The van der Waals surface area contributed by atoms with Gasteiger partial charge in [0.15, 0.2) is 5.16 Å². The SMILES string of the molecule is CCOP1(=O)CCN(Cc2ccc3[nH]ncc3c2)CC1(CCCCN(C(=O)OC(C)(C)C)C(=O)OC(C)(C)C)C(=O)OC(C)(C)C. The summed E-state index contributed by atoms with van der Waals surface area (Å²) in [6.07, 6.45) is 1.16. The maximum atomic E-state index is 14.7. The van der Waals surface area contributed by atoms with Gasteiger partial charge in [0.05, 0.1) is 18.3 Å². The van der Waals surface area contributed by atoms with Crippen LogP contribution in [-0.4, -0.2) is 92.5 Å². The van der Waals surface area contributed by atoms with Gasteiger partial charge in [-0.3, -0.25) is 19.4 Å². The summed E-state index contributed by atoms with van der Waals surface area (Å²) in [7, 11) is -3.55. The van der Waals surface area contributed by atoms with Crippen LogP contribution >= 0.6 is 7.37 Å². The smallest absolute Gasteiger partial charge is 0.419 e. The zero-order valence-electron chi connectivity index (χ0n) is 29.2. The molecular formula is C33H53N4O8P. The molecule has 1 aromatic heterocycles. The number of aromatic amines is 1. The van der Waals surface area contributed by atoms with Crippen molar-refractivity contribution < 1.29 is 37.7 Å². The third-order valence-corrected chi connectivity index (χ3v) is 10.6. The monoisotopic (exact) mass is 664 g/mol. The molecule has 1 aromatic carbocycles. The molecule has 2 heterocycles. The second kappa shape index (κ2) is 14.4. The quantitative estimate of drug-likeness (QED) is 0.121. The maximum absolute atomic E-state index is 14.7. The Bertz CT molecular complexity index is 1390. The summed E-state index contributed by atoms with van der Waals surface area (Å²) in [5, 5.41) is 6.59. The standard InChI is InChI=1S/C33H53N4O8P/c1-11-42-46(41)19-18-36(22-24-14-15-26-25(20-24)21-34-35-26)23-33(46,27(38)43-30(2,3)4)16-12-13-17-37(28(39)44-31(5,6)7)29(40)45-32(8,9)10/h14-15,20-21H,11-13,16-19,22-23H2,1-10H3,(H,34,35). The van der Waals surface area contributed by atoms with Crippen molar-refractivity contribution in [3.63, 3.8) is 0 Å². The Balaban J connectivity index is 1.89. The first kappa shape index (κ1) is 37.5. The van der Waals surface area contributed by atoms with Crippen molar-refractivity contribution in [1.82, 2.24) is 20.0 Å². The van der Waals surface area contributed by atoms with E-state index in [0.717, 1.165) is 21.4 Å². The molecule has 1 aliphatic rings. The van der Waals surface area contributed by atoms with Crippen LogP contribution < -0.4 is 0 Å². The van der Waals surface area contributed by atoms with Gasteiger partial charge in [0.2, 0.25) is 7.37 Å². The second-order valence-electron chi connectivity index (χ2n) is 14.9. The normalized spacial score (nSPS) is 21.2. The van der Waals surface area contributed by atoms with Crippen LogP contribution in [0.25, 0.3) is 10.9 Å². The molecule has 1 N–H and O–H groups in total. The van der Waals surface area contributed by atoms with Crippen molar-refractivity contribution in [2.45, 2.75) is 117 Å². The van der Waals surface area contributed by atoms with Crippen LogP contribution in [0.4, 0.5) is 9.59 Å². The number of nitrogens with one attached hydrogen (secondary N) is 1. The van der Waals surface area contributed by atoms with Gasteiger partial charge >= 0.3 is 18.2 Å². The Morgan fingerprint density at radius 2 is 1.57 bits per heavy atom. The number of hydrogen-bond acceptors (Lipinski definition) is 10. The maximum Gasteiger partial charge on any atom is 0.419 e. The van der Waals surface area contributed by atoms with Crippen molar-refractivity contribution in [3.05, 3.63) is 30.0 Å². The van der Waals surface area contributed by atoms with Gasteiger partial charge in [-0.05, 0) is 106 Å². The number of imide groups is 1. The lowest BCUT2D eigenvalue weighted by Crippen LogP contribution is -2.56. The summed E-state index contributed by atoms with van der Waals surface area (Å²) in [6, 6.07) is 6.02. The van der Waals surface area contributed by atoms with Gasteiger partial charge in [-0.1, -0.05) is 6.07 Å². The van der Waals surface area contributed by atoms with E-state index in [-0.39, 0.29) is 32.3 Å². The molecule has 0 spiro atoms. The van der Waals surface area contributed by atoms with E-state index in [1.807, 2.05) is 18.2 Å². The number of ether oxygens (including phenoxy) is 3. The van der Waals surface area contributed by atoms with Crippen LogP contribution in [0.1, 0.15) is 94.1 Å². The van der Waals surface area contributed by atoms with Gasteiger partial charge < -0.3 is 18.7 Å². The average Bonchev–Trinajstić information content (AvgIpc) is 3.35. The molecule has 13 heteroatoms. The molecule has 2 atom stereocenters. The minimum Gasteiger partial charge on any atom is -0.459 e. The van der Waals surface area contributed by atoms with Crippen LogP contribution in [-0.2, 0) is 34.6 Å². The largest absolute Gasteiger partial charge is 0.459 e. The van der Waals surface area contributed by atoms with Crippen LogP contribution in [0, 0.1) is 0 Å². The molecule has 0 bridgehead atoms. The predicted molar refractivity (Wildman–Crippen MR) is 177 cm³/mol. The lowest BCUT2D eigenvalue weighted by Gasteiger charge is -2.46. The van der Waals surface area contributed by atoms with Crippen LogP contribution in [0.3, 0.4) is 0 Å². The molecule has 1 aliphatic heterocycles. The molecule has 2 aromatic rings. The van der Waals surface area contributed by atoms with Gasteiger partial charge in [-0.15, -0.1) is 0 Å². The van der Waals surface area contributed by atoms with Crippen LogP contribution in [0.5, 0.6) is 0 Å². The highest BCUT2D eigenvalue weighted by atomic mass is 31.2. The number of carbonyl (C=O) groups excluding carboxylic acids is 3. The number of amides is 2. The fourth-order valence-corrected chi connectivity index (χ4v) is 8.44. The third-order valence-electron chi connectivity index (χ3n) is 7.33. The minimum absolute atomic E-state index is 0.0123. The van der Waals surface area contributed by atoms with E-state index in [0.29, 0.717) is 25.9 Å². The predicted octanol–water partition coefficient (Wildman–Crippen LogP) is 7.12. The zero-order chi connectivity index (χ0) is 34.6. The van der Waals surface area contributed by atoms with E-state index in [4.69, 9.17) is 18.7 Å². The Kier molecular flexibility index (Phi) is 11.8. The summed E-state index contributed by atoms with van der Waals surface area (Å²) in [6.45, 7) is 18.8. The number of aromatic nitrogens is 2. The Hall–Kier alpha value is -2.95. The van der Waals surface area contributed by atoms with Crippen LogP contribution in [0.2, 0.25) is 0 Å². The molecule has 0 saturated carbocycles. The molecule has 46 heavy (non-hydrogen) atoms. The summed E-state index contributed by atoms with van der Waals surface area (Å²) in [4.78, 5) is 43.3. The first-order chi connectivity index (χ1) is 21.2. The fourth-order valence-electron chi connectivity index (χ4n) is 5.43. The van der Waals surface area contributed by atoms with Gasteiger partial charge in [-0.25, -0.2) is 14.5 Å². The van der Waals surface area contributed by atoms with E-state index < -0.39 is 47.5 Å². The molecule has 0 radical (unpaired) electrons. The molecule has 2 amide bonds. The number of hydrogen-bond donors (Lipinski definition) is 1. The highest BCUT2D eigenvalue weighted by molar-refractivity contribution is 7.62. The minimum atomic E-state index is -3.55. The Morgan fingerprint density at radius 3 is 2.13 bits per heavy atom. The van der Waals surface area contributed by atoms with Gasteiger partial charge in [0.25, 0.3) is 0 Å². The van der Waals surface area contributed by atoms with E-state index in [1.165, 1.54) is 0 Å². The number of unbranched alkanes of at least 4 members (excludes halogenated alkanes) is 1. The fraction of sp³-hybridized carbons (Fsp3) is 0.697. The lowest BCUT2D eigenvalue weighted by atomic mass is 9.98. The number of H-pyrrole nitrogens is 1. The van der Waals surface area contributed by atoms with Crippen LogP contribution in [0.15, 0.2) is 24.4 Å². The second-order valence-corrected chi connectivity index (χ2v) is 17.8.